The minimum Gasteiger partial charge on any atom is -0.329 e. The fraction of sp³-hybridized carbons (Fsp3) is 0.714. The summed E-state index contributed by atoms with van der Waals surface area (Å²) in [5.41, 5.74) is 6.04. The number of nitrogens with two attached hydrogens (primary N) is 1. The van der Waals surface area contributed by atoms with E-state index in [9.17, 15) is 0 Å². The van der Waals surface area contributed by atoms with Crippen LogP contribution >= 0.6 is 27.3 Å². The fourth-order valence-corrected chi connectivity index (χ4v) is 4.65. The van der Waals surface area contributed by atoms with E-state index in [-0.39, 0.29) is 0 Å². The molecule has 1 saturated heterocycles. The van der Waals surface area contributed by atoms with Crippen LogP contribution in [0.1, 0.15) is 28.6 Å². The van der Waals surface area contributed by atoms with Gasteiger partial charge >= 0.3 is 0 Å². The first-order chi connectivity index (χ1) is 9.19. The Morgan fingerprint density at radius 1 is 1.37 bits per heavy atom. The van der Waals surface area contributed by atoms with Gasteiger partial charge in [0.1, 0.15) is 0 Å². The lowest BCUT2D eigenvalue weighted by molar-refractivity contribution is 0.0950. The Kier molecular flexibility index (Phi) is 4.29. The second-order valence-corrected chi connectivity index (χ2v) is 7.75. The predicted molar refractivity (Wildman–Crippen MR) is 84.7 cm³/mol. The number of hydrogen-bond donors (Lipinski definition) is 1. The molecule has 0 aromatic carbocycles. The van der Waals surface area contributed by atoms with Gasteiger partial charge in [-0.2, -0.15) is 0 Å². The summed E-state index contributed by atoms with van der Waals surface area (Å²) in [6.45, 7) is 7.63. The number of piperazine rings is 1. The summed E-state index contributed by atoms with van der Waals surface area (Å²) in [6.07, 6.45) is 2.83. The summed E-state index contributed by atoms with van der Waals surface area (Å²) in [5.74, 6) is 0. The maximum absolute atomic E-state index is 6.04. The normalized spacial score (nSPS) is 23.7. The first-order valence-electron chi connectivity index (χ1n) is 7.13. The third-order valence-corrected chi connectivity index (χ3v) is 6.52. The molecular formula is C14H22BrN3S. The Morgan fingerprint density at radius 2 is 2.05 bits per heavy atom. The lowest BCUT2D eigenvalue weighted by atomic mass is 10.1. The molecule has 1 aromatic heterocycles. The highest BCUT2D eigenvalue weighted by Crippen LogP contribution is 2.34. The van der Waals surface area contributed by atoms with Gasteiger partial charge in [-0.3, -0.25) is 9.80 Å². The quantitative estimate of drug-likeness (QED) is 0.911. The molecule has 5 heteroatoms. The Balaban J connectivity index is 1.65. The lowest BCUT2D eigenvalue weighted by Gasteiger charge is -2.38. The number of nitrogens with zero attached hydrogens (tertiary/aromatic N) is 2. The largest absolute Gasteiger partial charge is 0.329 e. The molecule has 1 saturated carbocycles. The van der Waals surface area contributed by atoms with Crippen molar-refractivity contribution < 1.29 is 0 Å². The highest BCUT2D eigenvalue weighted by molar-refractivity contribution is 9.10. The molecule has 1 aliphatic carbocycles. The van der Waals surface area contributed by atoms with Gasteiger partial charge in [-0.05, 0) is 41.8 Å². The molecule has 0 amide bonds. The van der Waals surface area contributed by atoms with Gasteiger partial charge in [0.2, 0.25) is 0 Å². The molecule has 0 spiro atoms. The number of aryl methyl sites for hydroxylation is 1. The average Bonchev–Trinajstić information content (AvgIpc) is 3.19. The molecule has 2 heterocycles. The molecule has 2 fully saturated rings. The van der Waals surface area contributed by atoms with E-state index in [0.717, 1.165) is 25.7 Å². The first-order valence-corrected chi connectivity index (χ1v) is 8.74. The minimum absolute atomic E-state index is 0.399. The molecule has 2 N–H and O–H groups in total. The SMILES string of the molecule is Cc1sc(C(CN)N2CCN(C3CC3)CC2)cc1Br. The maximum Gasteiger partial charge on any atom is 0.0565 e. The molecular weight excluding hydrogens is 322 g/mol. The van der Waals surface area contributed by atoms with Gasteiger partial charge < -0.3 is 5.73 Å². The molecule has 3 rings (SSSR count). The Hall–Kier alpha value is 0.0600. The van der Waals surface area contributed by atoms with Crippen molar-refractivity contribution in [2.75, 3.05) is 32.7 Å². The van der Waals surface area contributed by atoms with Gasteiger partial charge in [-0.15, -0.1) is 11.3 Å². The van der Waals surface area contributed by atoms with Crippen LogP contribution in [0, 0.1) is 6.92 Å². The van der Waals surface area contributed by atoms with Gasteiger partial charge in [0.05, 0.1) is 6.04 Å². The Bertz CT molecular complexity index is 416. The summed E-state index contributed by atoms with van der Waals surface area (Å²) < 4.78 is 1.22. The highest BCUT2D eigenvalue weighted by Gasteiger charge is 2.33. The van der Waals surface area contributed by atoms with Crippen LogP contribution in [0.5, 0.6) is 0 Å². The molecule has 1 aromatic rings. The third-order valence-electron chi connectivity index (χ3n) is 4.28. The van der Waals surface area contributed by atoms with Crippen LogP contribution < -0.4 is 5.73 Å². The molecule has 19 heavy (non-hydrogen) atoms. The second-order valence-electron chi connectivity index (χ2n) is 5.61. The monoisotopic (exact) mass is 343 g/mol. The van der Waals surface area contributed by atoms with Crippen molar-refractivity contribution >= 4 is 27.3 Å². The zero-order chi connectivity index (χ0) is 13.4. The van der Waals surface area contributed by atoms with Crippen molar-refractivity contribution in [3.8, 4) is 0 Å². The zero-order valence-corrected chi connectivity index (χ0v) is 13.8. The van der Waals surface area contributed by atoms with Gasteiger partial charge in [0, 0.05) is 53.0 Å². The number of rotatable bonds is 4. The van der Waals surface area contributed by atoms with Gasteiger partial charge in [-0.25, -0.2) is 0 Å². The van der Waals surface area contributed by atoms with E-state index in [1.54, 1.807) is 0 Å². The molecule has 1 aliphatic heterocycles. The van der Waals surface area contributed by atoms with Crippen LogP contribution in [0.25, 0.3) is 0 Å². The van der Waals surface area contributed by atoms with E-state index < -0.39 is 0 Å². The van der Waals surface area contributed by atoms with E-state index in [1.807, 2.05) is 11.3 Å². The molecule has 2 aliphatic rings. The third kappa shape index (κ3) is 3.05. The maximum atomic E-state index is 6.04. The molecule has 0 bridgehead atoms. The van der Waals surface area contributed by atoms with Gasteiger partial charge in [0.15, 0.2) is 0 Å². The van der Waals surface area contributed by atoms with Crippen molar-refractivity contribution in [1.82, 2.24) is 9.80 Å². The summed E-state index contributed by atoms with van der Waals surface area (Å²) in [4.78, 5) is 7.98. The van der Waals surface area contributed by atoms with E-state index in [2.05, 4.69) is 38.7 Å². The standard InChI is InChI=1S/C14H22BrN3S/c1-10-12(15)8-14(19-10)13(9-16)18-6-4-17(5-7-18)11-2-3-11/h8,11,13H,2-7,9,16H2,1H3. The van der Waals surface area contributed by atoms with Crippen LogP contribution in [-0.4, -0.2) is 48.6 Å². The fourth-order valence-electron chi connectivity index (χ4n) is 2.94. The zero-order valence-electron chi connectivity index (χ0n) is 11.4. The number of halogens is 1. The topological polar surface area (TPSA) is 32.5 Å². The van der Waals surface area contributed by atoms with E-state index in [0.29, 0.717) is 6.04 Å². The molecule has 1 unspecified atom stereocenters. The number of thiophene rings is 1. The average molecular weight is 344 g/mol. The Labute approximate surface area is 127 Å². The molecule has 106 valence electrons. The molecule has 3 nitrogen and oxygen atoms in total. The van der Waals surface area contributed by atoms with Crippen LogP contribution in [0.3, 0.4) is 0 Å². The van der Waals surface area contributed by atoms with Crippen molar-refractivity contribution in [1.29, 1.82) is 0 Å². The van der Waals surface area contributed by atoms with Crippen LogP contribution in [0.4, 0.5) is 0 Å². The van der Waals surface area contributed by atoms with Crippen molar-refractivity contribution in [3.63, 3.8) is 0 Å². The predicted octanol–water partition coefficient (Wildman–Crippen LogP) is 2.60. The number of hydrogen-bond acceptors (Lipinski definition) is 4. The molecule has 1 atom stereocenters. The second kappa shape index (κ2) is 5.82. The summed E-state index contributed by atoms with van der Waals surface area (Å²) in [7, 11) is 0. The van der Waals surface area contributed by atoms with Crippen molar-refractivity contribution in [3.05, 3.63) is 20.3 Å². The van der Waals surface area contributed by atoms with E-state index in [1.165, 1.54) is 40.2 Å². The highest BCUT2D eigenvalue weighted by atomic mass is 79.9. The smallest absolute Gasteiger partial charge is 0.0565 e. The van der Waals surface area contributed by atoms with Crippen LogP contribution in [0.15, 0.2) is 10.5 Å². The lowest BCUT2D eigenvalue weighted by Crippen LogP contribution is -2.49. The van der Waals surface area contributed by atoms with Gasteiger partial charge in [-0.1, -0.05) is 0 Å². The van der Waals surface area contributed by atoms with E-state index in [4.69, 9.17) is 5.73 Å². The van der Waals surface area contributed by atoms with Gasteiger partial charge in [0.25, 0.3) is 0 Å². The summed E-state index contributed by atoms with van der Waals surface area (Å²) >= 11 is 5.50. The van der Waals surface area contributed by atoms with Crippen LogP contribution in [-0.2, 0) is 0 Å². The van der Waals surface area contributed by atoms with Crippen LogP contribution in [0.2, 0.25) is 0 Å². The summed E-state index contributed by atoms with van der Waals surface area (Å²) in [5, 5.41) is 0. The van der Waals surface area contributed by atoms with E-state index >= 15 is 0 Å². The van der Waals surface area contributed by atoms with Crippen molar-refractivity contribution in [2.24, 2.45) is 5.73 Å². The Morgan fingerprint density at radius 3 is 2.53 bits per heavy atom. The molecule has 0 radical (unpaired) electrons. The summed E-state index contributed by atoms with van der Waals surface area (Å²) in [6, 6.07) is 3.55. The first kappa shape index (κ1) is 14.0. The minimum atomic E-state index is 0.399. The van der Waals surface area contributed by atoms with Crippen molar-refractivity contribution in [2.45, 2.75) is 31.8 Å².